The highest BCUT2D eigenvalue weighted by Crippen LogP contribution is 2.24. The minimum absolute atomic E-state index is 0.183. The molecular weight excluding hydrogens is 364 g/mol. The number of amides is 1. The van der Waals surface area contributed by atoms with Crippen LogP contribution in [0.3, 0.4) is 0 Å². The van der Waals surface area contributed by atoms with Crippen molar-refractivity contribution in [2.24, 2.45) is 0 Å². The standard InChI is InChI=1S/C15H11BrClF2NO/c1-8(14-12(18)3-2-4-13(14)19)20-15(21)10-7-9(16)5-6-11(10)17/h2-8H,1H3,(H,20,21). The van der Waals surface area contributed by atoms with Gasteiger partial charge in [-0.05, 0) is 37.3 Å². The van der Waals surface area contributed by atoms with Crippen molar-refractivity contribution in [2.45, 2.75) is 13.0 Å². The van der Waals surface area contributed by atoms with Gasteiger partial charge in [-0.2, -0.15) is 0 Å². The van der Waals surface area contributed by atoms with Gasteiger partial charge in [-0.1, -0.05) is 33.6 Å². The fourth-order valence-electron chi connectivity index (χ4n) is 1.94. The van der Waals surface area contributed by atoms with E-state index >= 15 is 0 Å². The molecule has 0 aromatic heterocycles. The topological polar surface area (TPSA) is 29.1 Å². The monoisotopic (exact) mass is 373 g/mol. The molecule has 0 radical (unpaired) electrons. The van der Waals surface area contributed by atoms with Crippen molar-refractivity contribution < 1.29 is 13.6 Å². The van der Waals surface area contributed by atoms with E-state index in [0.29, 0.717) is 4.47 Å². The second-order valence-electron chi connectivity index (χ2n) is 4.45. The van der Waals surface area contributed by atoms with Gasteiger partial charge in [0.1, 0.15) is 11.6 Å². The maximum absolute atomic E-state index is 13.7. The molecule has 2 aromatic rings. The minimum Gasteiger partial charge on any atom is -0.345 e. The second kappa shape index (κ2) is 6.54. The summed E-state index contributed by atoms with van der Waals surface area (Å²) < 4.78 is 28.0. The highest BCUT2D eigenvalue weighted by molar-refractivity contribution is 9.10. The van der Waals surface area contributed by atoms with Crippen molar-refractivity contribution in [1.82, 2.24) is 5.32 Å². The second-order valence-corrected chi connectivity index (χ2v) is 5.78. The maximum atomic E-state index is 13.7. The van der Waals surface area contributed by atoms with Gasteiger partial charge in [-0.15, -0.1) is 0 Å². The Labute approximate surface area is 134 Å². The van der Waals surface area contributed by atoms with E-state index in [1.54, 1.807) is 18.2 Å². The molecule has 0 aliphatic carbocycles. The molecule has 0 fully saturated rings. The van der Waals surface area contributed by atoms with Crippen molar-refractivity contribution in [3.63, 3.8) is 0 Å². The molecular formula is C15H11BrClF2NO. The van der Waals surface area contributed by atoms with Crippen molar-refractivity contribution in [3.8, 4) is 0 Å². The summed E-state index contributed by atoms with van der Waals surface area (Å²) >= 11 is 9.19. The van der Waals surface area contributed by atoms with Crippen LogP contribution in [-0.4, -0.2) is 5.91 Å². The van der Waals surface area contributed by atoms with Gasteiger partial charge in [0.15, 0.2) is 0 Å². The number of hydrogen-bond acceptors (Lipinski definition) is 1. The van der Waals surface area contributed by atoms with Crippen molar-refractivity contribution in [1.29, 1.82) is 0 Å². The quantitative estimate of drug-likeness (QED) is 0.816. The van der Waals surface area contributed by atoms with E-state index in [0.717, 1.165) is 12.1 Å². The largest absolute Gasteiger partial charge is 0.345 e. The van der Waals surface area contributed by atoms with Gasteiger partial charge in [0, 0.05) is 10.0 Å². The predicted molar refractivity (Wildman–Crippen MR) is 81.4 cm³/mol. The van der Waals surface area contributed by atoms with Crippen molar-refractivity contribution in [2.75, 3.05) is 0 Å². The molecule has 2 rings (SSSR count). The van der Waals surface area contributed by atoms with Gasteiger partial charge in [0.05, 0.1) is 16.6 Å². The molecule has 110 valence electrons. The summed E-state index contributed by atoms with van der Waals surface area (Å²) in [6.07, 6.45) is 0. The third-order valence-corrected chi connectivity index (χ3v) is 3.78. The van der Waals surface area contributed by atoms with Gasteiger partial charge < -0.3 is 5.32 Å². The first-order valence-corrected chi connectivity index (χ1v) is 7.27. The average Bonchev–Trinajstić information content (AvgIpc) is 2.41. The fraction of sp³-hybridized carbons (Fsp3) is 0.133. The van der Waals surface area contributed by atoms with E-state index < -0.39 is 23.6 Å². The van der Waals surface area contributed by atoms with E-state index in [1.807, 2.05) is 0 Å². The van der Waals surface area contributed by atoms with Crippen LogP contribution >= 0.6 is 27.5 Å². The lowest BCUT2D eigenvalue weighted by molar-refractivity contribution is 0.0939. The number of rotatable bonds is 3. The minimum atomic E-state index is -0.825. The summed E-state index contributed by atoms with van der Waals surface area (Å²) in [6, 6.07) is 7.54. The lowest BCUT2D eigenvalue weighted by Gasteiger charge is -2.16. The van der Waals surface area contributed by atoms with E-state index in [-0.39, 0.29) is 16.1 Å². The van der Waals surface area contributed by atoms with Crippen LogP contribution < -0.4 is 5.32 Å². The van der Waals surface area contributed by atoms with E-state index in [9.17, 15) is 13.6 Å². The smallest absolute Gasteiger partial charge is 0.253 e. The van der Waals surface area contributed by atoms with Crippen LogP contribution in [-0.2, 0) is 0 Å². The van der Waals surface area contributed by atoms with Gasteiger partial charge in [-0.3, -0.25) is 4.79 Å². The molecule has 1 unspecified atom stereocenters. The Morgan fingerprint density at radius 2 is 1.86 bits per heavy atom. The van der Waals surface area contributed by atoms with Crippen LogP contribution in [0.4, 0.5) is 8.78 Å². The lowest BCUT2D eigenvalue weighted by Crippen LogP contribution is -2.28. The van der Waals surface area contributed by atoms with E-state index in [2.05, 4.69) is 21.2 Å². The molecule has 6 heteroatoms. The first-order valence-electron chi connectivity index (χ1n) is 6.10. The molecule has 0 spiro atoms. The Morgan fingerprint density at radius 1 is 1.24 bits per heavy atom. The lowest BCUT2D eigenvalue weighted by atomic mass is 10.1. The molecule has 0 aliphatic rings. The Bertz CT molecular complexity index is 673. The van der Waals surface area contributed by atoms with Gasteiger partial charge in [-0.25, -0.2) is 8.78 Å². The van der Waals surface area contributed by atoms with Crippen molar-refractivity contribution >= 4 is 33.4 Å². The van der Waals surface area contributed by atoms with Crippen LogP contribution in [0.25, 0.3) is 0 Å². The molecule has 2 aromatic carbocycles. The Morgan fingerprint density at radius 3 is 2.48 bits per heavy atom. The first kappa shape index (κ1) is 15.9. The molecule has 0 saturated heterocycles. The normalized spacial score (nSPS) is 12.0. The number of hydrogen-bond donors (Lipinski definition) is 1. The molecule has 21 heavy (non-hydrogen) atoms. The van der Waals surface area contributed by atoms with Crippen LogP contribution in [0.1, 0.15) is 28.9 Å². The third-order valence-electron chi connectivity index (χ3n) is 2.95. The summed E-state index contributed by atoms with van der Waals surface area (Å²) in [6.45, 7) is 1.51. The average molecular weight is 375 g/mol. The number of nitrogens with one attached hydrogen (secondary N) is 1. The third kappa shape index (κ3) is 3.60. The van der Waals surface area contributed by atoms with Crippen molar-refractivity contribution in [3.05, 3.63) is 68.7 Å². The highest BCUT2D eigenvalue weighted by atomic mass is 79.9. The molecule has 0 heterocycles. The molecule has 1 N–H and O–H groups in total. The Balaban J connectivity index is 2.25. The Hall–Kier alpha value is -1.46. The first-order chi connectivity index (χ1) is 9.90. The summed E-state index contributed by atoms with van der Waals surface area (Å²) in [5, 5.41) is 2.80. The van der Waals surface area contributed by atoms with Crippen LogP contribution in [0.5, 0.6) is 0 Å². The van der Waals surface area contributed by atoms with Crippen LogP contribution in [0, 0.1) is 11.6 Å². The van der Waals surface area contributed by atoms with Gasteiger partial charge in [0.25, 0.3) is 5.91 Å². The number of benzene rings is 2. The molecule has 0 bridgehead atoms. The summed E-state index contributed by atoms with van der Waals surface area (Å²) in [7, 11) is 0. The number of carbonyl (C=O) groups excluding carboxylic acids is 1. The van der Waals surface area contributed by atoms with Gasteiger partial charge in [0.2, 0.25) is 0 Å². The number of carbonyl (C=O) groups is 1. The maximum Gasteiger partial charge on any atom is 0.253 e. The summed E-state index contributed by atoms with van der Waals surface area (Å²) in [5.41, 5.74) is 0.0478. The molecule has 0 saturated carbocycles. The molecule has 1 atom stereocenters. The van der Waals surface area contributed by atoms with E-state index in [4.69, 9.17) is 11.6 Å². The SMILES string of the molecule is CC(NC(=O)c1cc(Br)ccc1Cl)c1c(F)cccc1F. The number of halogens is 4. The highest BCUT2D eigenvalue weighted by Gasteiger charge is 2.19. The zero-order chi connectivity index (χ0) is 15.6. The molecule has 1 amide bonds. The fourth-order valence-corrected chi connectivity index (χ4v) is 2.51. The van der Waals surface area contributed by atoms with E-state index in [1.165, 1.54) is 13.0 Å². The van der Waals surface area contributed by atoms with Crippen LogP contribution in [0.15, 0.2) is 40.9 Å². The Kier molecular flexibility index (Phi) is 4.96. The predicted octanol–water partition coefficient (Wildman–Crippen LogP) is 4.87. The van der Waals surface area contributed by atoms with Crippen LogP contribution in [0.2, 0.25) is 5.02 Å². The molecule has 2 nitrogen and oxygen atoms in total. The zero-order valence-electron chi connectivity index (χ0n) is 11.0. The molecule has 0 aliphatic heterocycles. The summed E-state index contributed by atoms with van der Waals surface area (Å²) in [4.78, 5) is 12.2. The summed E-state index contributed by atoms with van der Waals surface area (Å²) in [5.74, 6) is -1.91. The van der Waals surface area contributed by atoms with Gasteiger partial charge >= 0.3 is 0 Å². The zero-order valence-corrected chi connectivity index (χ0v) is 13.3.